The van der Waals surface area contributed by atoms with Crippen LogP contribution in [-0.4, -0.2) is 44.0 Å². The predicted molar refractivity (Wildman–Crippen MR) is 117 cm³/mol. The molecule has 0 radical (unpaired) electrons. The van der Waals surface area contributed by atoms with E-state index in [4.69, 9.17) is 14.2 Å². The van der Waals surface area contributed by atoms with E-state index in [-0.39, 0.29) is 36.2 Å². The Morgan fingerprint density at radius 2 is 1.81 bits per heavy atom. The highest BCUT2D eigenvalue weighted by atomic mass is 32.2. The number of ether oxygens (including phenoxy) is 3. The molecule has 0 saturated heterocycles. The van der Waals surface area contributed by atoms with Crippen molar-refractivity contribution < 1.29 is 32.2 Å². The maximum atomic E-state index is 12.8. The van der Waals surface area contributed by atoms with E-state index in [2.05, 4.69) is 4.99 Å². The Balaban J connectivity index is 1.76. The van der Waals surface area contributed by atoms with Gasteiger partial charge in [-0.2, -0.15) is 4.99 Å². The summed E-state index contributed by atoms with van der Waals surface area (Å²) < 4.78 is 42.2. The molecule has 0 spiro atoms. The summed E-state index contributed by atoms with van der Waals surface area (Å²) in [6, 6.07) is 9.14. The Morgan fingerprint density at radius 1 is 1.12 bits per heavy atom. The summed E-state index contributed by atoms with van der Waals surface area (Å²) in [5.74, 6) is 0.0613. The molecule has 0 unspecified atom stereocenters. The molecule has 9 nitrogen and oxygen atoms in total. The molecule has 11 heteroatoms. The zero-order chi connectivity index (χ0) is 22.9. The average Bonchev–Trinajstić information content (AvgIpc) is 3.36. The number of carbonyl (C=O) groups is 2. The maximum Gasteiger partial charge on any atom is 0.326 e. The van der Waals surface area contributed by atoms with Gasteiger partial charge in [0.1, 0.15) is 6.54 Å². The predicted octanol–water partition coefficient (Wildman–Crippen LogP) is 2.53. The number of benzene rings is 2. The van der Waals surface area contributed by atoms with Crippen molar-refractivity contribution in [2.75, 3.05) is 19.2 Å². The van der Waals surface area contributed by atoms with Gasteiger partial charge in [-0.15, -0.1) is 0 Å². The number of hydrogen-bond donors (Lipinski definition) is 0. The van der Waals surface area contributed by atoms with Crippen LogP contribution in [-0.2, 0) is 25.9 Å². The second-order valence-corrected chi connectivity index (χ2v) is 10.1. The van der Waals surface area contributed by atoms with Crippen molar-refractivity contribution in [1.29, 1.82) is 0 Å². The third-order valence-corrected chi connectivity index (χ3v) is 7.60. The molecule has 1 amide bonds. The molecule has 3 aromatic rings. The van der Waals surface area contributed by atoms with Crippen LogP contribution in [0.5, 0.6) is 11.5 Å². The van der Waals surface area contributed by atoms with Gasteiger partial charge < -0.3 is 18.8 Å². The van der Waals surface area contributed by atoms with E-state index in [1.54, 1.807) is 30.5 Å². The van der Waals surface area contributed by atoms with E-state index in [1.807, 2.05) is 0 Å². The topological polar surface area (TPSA) is 113 Å². The minimum Gasteiger partial charge on any atom is -0.465 e. The van der Waals surface area contributed by atoms with Crippen LogP contribution in [0.3, 0.4) is 0 Å². The van der Waals surface area contributed by atoms with Crippen molar-refractivity contribution >= 4 is 43.3 Å². The van der Waals surface area contributed by atoms with Gasteiger partial charge in [0.2, 0.25) is 6.79 Å². The molecule has 0 atom stereocenters. The molecule has 1 aliphatic rings. The number of nitrogens with zero attached hydrogens (tertiary/aromatic N) is 2. The van der Waals surface area contributed by atoms with E-state index in [1.165, 1.54) is 35.6 Å². The van der Waals surface area contributed by atoms with Crippen LogP contribution in [0.25, 0.3) is 10.2 Å². The summed E-state index contributed by atoms with van der Waals surface area (Å²) in [5, 5.41) is 0. The zero-order valence-electron chi connectivity index (χ0n) is 17.4. The van der Waals surface area contributed by atoms with E-state index in [0.29, 0.717) is 21.8 Å². The van der Waals surface area contributed by atoms with Gasteiger partial charge in [-0.1, -0.05) is 18.3 Å². The third-order valence-electron chi connectivity index (χ3n) is 4.81. The van der Waals surface area contributed by atoms with Crippen LogP contribution < -0.4 is 14.3 Å². The van der Waals surface area contributed by atoms with Gasteiger partial charge in [-0.3, -0.25) is 9.59 Å². The summed E-state index contributed by atoms with van der Waals surface area (Å²) >= 11 is 1.22. The van der Waals surface area contributed by atoms with Gasteiger partial charge in [0, 0.05) is 17.7 Å². The van der Waals surface area contributed by atoms with E-state index in [0.717, 1.165) is 4.70 Å². The van der Waals surface area contributed by atoms with Gasteiger partial charge in [0.15, 0.2) is 26.1 Å². The van der Waals surface area contributed by atoms with E-state index >= 15 is 0 Å². The highest BCUT2D eigenvalue weighted by molar-refractivity contribution is 7.91. The number of amides is 1. The molecule has 1 aromatic heterocycles. The largest absolute Gasteiger partial charge is 0.465 e. The Hall–Kier alpha value is -3.18. The van der Waals surface area contributed by atoms with Crippen LogP contribution in [0, 0.1) is 0 Å². The second kappa shape index (κ2) is 8.75. The van der Waals surface area contributed by atoms with Crippen molar-refractivity contribution in [3.05, 3.63) is 46.8 Å². The van der Waals surface area contributed by atoms with Gasteiger partial charge in [-0.25, -0.2) is 8.42 Å². The Kier molecular flexibility index (Phi) is 6.02. The number of carbonyl (C=O) groups excluding carboxylic acids is 2. The minimum atomic E-state index is -3.37. The highest BCUT2D eigenvalue weighted by Gasteiger charge is 2.20. The van der Waals surface area contributed by atoms with Gasteiger partial charge >= 0.3 is 5.97 Å². The molecular weight excluding hydrogens is 456 g/mol. The van der Waals surface area contributed by atoms with Crippen LogP contribution in [0.4, 0.5) is 0 Å². The van der Waals surface area contributed by atoms with Crippen LogP contribution in [0.2, 0.25) is 0 Å². The number of hydrogen-bond acceptors (Lipinski definition) is 8. The number of esters is 1. The van der Waals surface area contributed by atoms with Crippen molar-refractivity contribution in [2.45, 2.75) is 25.3 Å². The Morgan fingerprint density at radius 3 is 2.47 bits per heavy atom. The monoisotopic (exact) mass is 476 g/mol. The molecule has 168 valence electrons. The Bertz CT molecular complexity index is 1370. The molecule has 0 saturated carbocycles. The third kappa shape index (κ3) is 4.26. The normalized spacial score (nSPS) is 13.5. The zero-order valence-corrected chi connectivity index (χ0v) is 19.0. The molecule has 1 aliphatic heterocycles. The first kappa shape index (κ1) is 22.0. The molecule has 0 bridgehead atoms. The lowest BCUT2D eigenvalue weighted by atomic mass is 10.2. The van der Waals surface area contributed by atoms with Crippen molar-refractivity contribution in [3.63, 3.8) is 0 Å². The summed E-state index contributed by atoms with van der Waals surface area (Å²) in [7, 11) is -3.37. The number of thiazole rings is 1. The number of sulfone groups is 1. The summed E-state index contributed by atoms with van der Waals surface area (Å²) in [6.07, 6.45) is 0. The van der Waals surface area contributed by atoms with Gasteiger partial charge in [0.05, 0.1) is 27.5 Å². The van der Waals surface area contributed by atoms with Crippen molar-refractivity contribution in [2.24, 2.45) is 4.99 Å². The summed E-state index contributed by atoms with van der Waals surface area (Å²) in [6.45, 7) is 3.48. The smallest absolute Gasteiger partial charge is 0.326 e. The lowest BCUT2D eigenvalue weighted by Gasteiger charge is -2.06. The van der Waals surface area contributed by atoms with E-state index in [9.17, 15) is 18.0 Å². The first-order valence-corrected chi connectivity index (χ1v) is 12.3. The number of fused-ring (bicyclic) bond motifs is 2. The lowest BCUT2D eigenvalue weighted by molar-refractivity contribution is -0.143. The van der Waals surface area contributed by atoms with Gasteiger partial charge in [0.25, 0.3) is 5.91 Å². The van der Waals surface area contributed by atoms with Crippen LogP contribution in [0.1, 0.15) is 24.2 Å². The molecular formula is C21H20N2O7S2. The molecule has 0 fully saturated rings. The Labute approximate surface area is 187 Å². The molecule has 32 heavy (non-hydrogen) atoms. The molecule has 0 N–H and O–H groups in total. The minimum absolute atomic E-state index is 0.0300. The number of rotatable bonds is 6. The fourth-order valence-corrected chi connectivity index (χ4v) is 5.08. The van der Waals surface area contributed by atoms with E-state index < -0.39 is 21.7 Å². The average molecular weight is 477 g/mol. The second-order valence-electron chi connectivity index (χ2n) is 6.79. The van der Waals surface area contributed by atoms with Crippen molar-refractivity contribution in [1.82, 2.24) is 4.57 Å². The first-order valence-electron chi connectivity index (χ1n) is 9.83. The summed E-state index contributed by atoms with van der Waals surface area (Å²) in [4.78, 5) is 29.6. The molecule has 2 heterocycles. The van der Waals surface area contributed by atoms with Crippen LogP contribution in [0.15, 0.2) is 46.3 Å². The lowest BCUT2D eigenvalue weighted by Crippen LogP contribution is -2.23. The fourth-order valence-electron chi connectivity index (χ4n) is 3.16. The molecule has 4 rings (SSSR count). The molecule has 2 aromatic carbocycles. The fraction of sp³-hybridized carbons (Fsp3) is 0.286. The van der Waals surface area contributed by atoms with Crippen molar-refractivity contribution in [3.8, 4) is 11.5 Å². The van der Waals surface area contributed by atoms with Crippen LogP contribution >= 0.6 is 11.3 Å². The van der Waals surface area contributed by atoms with Gasteiger partial charge in [-0.05, 0) is 31.2 Å². The quantitative estimate of drug-likeness (QED) is 0.502. The standard InChI is InChI=1S/C21H20N2O7S2/c1-3-28-19(24)11-23-15-9-16-17(30-12-29-16)10-18(15)31-21(23)22-20(25)13-5-7-14(8-6-13)32(26,27)4-2/h5-10H,3-4,11-12H2,1-2H3. The SMILES string of the molecule is CCOC(=O)Cn1c(=NC(=O)c2ccc(S(=O)(=O)CC)cc2)sc2cc3c(cc21)OCO3. The highest BCUT2D eigenvalue weighted by Crippen LogP contribution is 2.37. The summed E-state index contributed by atoms with van der Waals surface area (Å²) in [5.41, 5.74) is 0.887. The number of aromatic nitrogens is 1. The molecule has 0 aliphatic carbocycles. The first-order chi connectivity index (χ1) is 15.3. The maximum absolute atomic E-state index is 12.8.